The SMILES string of the molecule is C\C1=C(c2ccc3c(c2)c2ccccc2c2cccc(-c4ccc5c(c4)C(c4ccccc4)(c4ccccc4)c4ccccc4-5)c23)/N=C(c2ccccc2)\N=C(\c2ccc(-c3ccccc3)cc2)CC1. The molecule has 1 heterocycles. The topological polar surface area (TPSA) is 24.7 Å². The van der Waals surface area contributed by atoms with Crippen molar-refractivity contribution < 1.29 is 0 Å². The number of aliphatic imine (C=N–C) groups is 2. The smallest absolute Gasteiger partial charge is 0.160 e. The van der Waals surface area contributed by atoms with Gasteiger partial charge in [0.25, 0.3) is 0 Å². The van der Waals surface area contributed by atoms with E-state index in [2.05, 4.69) is 256 Å². The molecule has 0 atom stereocenters. The van der Waals surface area contributed by atoms with Gasteiger partial charge in [-0.3, -0.25) is 0 Å². The Bertz CT molecular complexity index is 3860. The van der Waals surface area contributed by atoms with Crippen LogP contribution in [0.25, 0.3) is 71.4 Å². The van der Waals surface area contributed by atoms with Crippen LogP contribution in [0.3, 0.4) is 0 Å². The van der Waals surface area contributed by atoms with Crippen molar-refractivity contribution in [3.8, 4) is 33.4 Å². The average Bonchev–Trinajstić information content (AvgIpc) is 3.73. The summed E-state index contributed by atoms with van der Waals surface area (Å²) in [4.78, 5) is 10.9. The first kappa shape index (κ1) is 41.5. The molecule has 0 amide bonds. The molecule has 70 heavy (non-hydrogen) atoms. The summed E-state index contributed by atoms with van der Waals surface area (Å²) in [5, 5.41) is 7.42. The molecule has 2 nitrogen and oxygen atoms in total. The third-order valence-corrected chi connectivity index (χ3v) is 14.9. The van der Waals surface area contributed by atoms with E-state index in [0.717, 1.165) is 46.8 Å². The van der Waals surface area contributed by atoms with Gasteiger partial charge in [-0.1, -0.05) is 237 Å². The molecular weight excluding hydrogens is 845 g/mol. The fraction of sp³-hybridized carbons (Fsp3) is 0.0588. The van der Waals surface area contributed by atoms with E-state index in [1.807, 2.05) is 0 Å². The van der Waals surface area contributed by atoms with Gasteiger partial charge in [0.15, 0.2) is 5.84 Å². The Hall–Kier alpha value is -8.72. The quantitative estimate of drug-likeness (QED) is 0.142. The minimum Gasteiger partial charge on any atom is -0.232 e. The van der Waals surface area contributed by atoms with Crippen molar-refractivity contribution in [2.45, 2.75) is 25.2 Å². The summed E-state index contributed by atoms with van der Waals surface area (Å²) in [6.07, 6.45) is 1.65. The maximum Gasteiger partial charge on any atom is 0.160 e. The molecule has 2 heteroatoms. The number of hydrogen-bond donors (Lipinski definition) is 0. The summed E-state index contributed by atoms with van der Waals surface area (Å²) in [5.74, 6) is 0.725. The molecule has 13 rings (SSSR count). The highest BCUT2D eigenvalue weighted by molar-refractivity contribution is 6.29. The normalized spacial score (nSPS) is 16.7. The maximum absolute atomic E-state index is 5.53. The predicted octanol–water partition coefficient (Wildman–Crippen LogP) is 17.3. The van der Waals surface area contributed by atoms with E-state index in [0.29, 0.717) is 0 Å². The van der Waals surface area contributed by atoms with Crippen LogP contribution in [0.2, 0.25) is 0 Å². The molecule has 11 aromatic rings. The first-order valence-electron chi connectivity index (χ1n) is 24.4. The Balaban J connectivity index is 0.984. The van der Waals surface area contributed by atoms with Gasteiger partial charge in [0.2, 0.25) is 0 Å². The van der Waals surface area contributed by atoms with Gasteiger partial charge in [0.1, 0.15) is 0 Å². The molecule has 2 aliphatic rings. The Morgan fingerprint density at radius 1 is 0.329 bits per heavy atom. The van der Waals surface area contributed by atoms with Gasteiger partial charge in [-0.05, 0) is 131 Å². The largest absolute Gasteiger partial charge is 0.232 e. The van der Waals surface area contributed by atoms with E-state index in [9.17, 15) is 0 Å². The Kier molecular flexibility index (Phi) is 10.1. The van der Waals surface area contributed by atoms with Crippen LogP contribution in [-0.2, 0) is 5.41 Å². The lowest BCUT2D eigenvalue weighted by molar-refractivity contribution is 0.769. The van der Waals surface area contributed by atoms with Crippen molar-refractivity contribution in [1.82, 2.24) is 0 Å². The zero-order chi connectivity index (χ0) is 46.6. The number of rotatable bonds is 7. The fourth-order valence-corrected chi connectivity index (χ4v) is 11.6. The molecule has 0 aromatic heterocycles. The van der Waals surface area contributed by atoms with E-state index in [1.165, 1.54) is 93.5 Å². The van der Waals surface area contributed by atoms with E-state index in [4.69, 9.17) is 9.98 Å². The number of amidine groups is 1. The summed E-state index contributed by atoms with van der Waals surface area (Å²) in [6, 6.07) is 91.0. The minimum atomic E-state index is -0.487. The average molecular weight is 893 g/mol. The van der Waals surface area contributed by atoms with Crippen molar-refractivity contribution in [1.29, 1.82) is 0 Å². The molecule has 330 valence electrons. The molecule has 0 saturated carbocycles. The summed E-state index contributed by atoms with van der Waals surface area (Å²) in [5.41, 5.74) is 18.5. The van der Waals surface area contributed by atoms with Crippen LogP contribution in [0.4, 0.5) is 0 Å². The first-order chi connectivity index (χ1) is 34.6. The molecule has 0 bridgehead atoms. The minimum absolute atomic E-state index is 0.487. The summed E-state index contributed by atoms with van der Waals surface area (Å²) in [6.45, 7) is 2.25. The van der Waals surface area contributed by atoms with Crippen molar-refractivity contribution in [3.63, 3.8) is 0 Å². The van der Waals surface area contributed by atoms with Gasteiger partial charge in [0.05, 0.1) is 16.8 Å². The van der Waals surface area contributed by atoms with Crippen LogP contribution >= 0.6 is 0 Å². The molecule has 0 unspecified atom stereocenters. The van der Waals surface area contributed by atoms with E-state index < -0.39 is 5.41 Å². The highest BCUT2D eigenvalue weighted by atomic mass is 14.9. The Morgan fingerprint density at radius 2 is 0.843 bits per heavy atom. The van der Waals surface area contributed by atoms with Crippen molar-refractivity contribution in [3.05, 3.63) is 293 Å². The molecule has 0 saturated heterocycles. The third kappa shape index (κ3) is 6.78. The van der Waals surface area contributed by atoms with E-state index >= 15 is 0 Å². The molecule has 0 N–H and O–H groups in total. The van der Waals surface area contributed by atoms with Crippen LogP contribution in [0, 0.1) is 0 Å². The Labute approximate surface area is 409 Å². The second-order valence-electron chi connectivity index (χ2n) is 18.8. The predicted molar refractivity (Wildman–Crippen MR) is 295 cm³/mol. The van der Waals surface area contributed by atoms with Crippen LogP contribution in [0.1, 0.15) is 58.7 Å². The van der Waals surface area contributed by atoms with E-state index in [1.54, 1.807) is 0 Å². The second-order valence-corrected chi connectivity index (χ2v) is 18.8. The molecule has 1 aliphatic heterocycles. The zero-order valence-electron chi connectivity index (χ0n) is 39.0. The van der Waals surface area contributed by atoms with Crippen LogP contribution in [-0.4, -0.2) is 11.5 Å². The van der Waals surface area contributed by atoms with Crippen molar-refractivity contribution >= 4 is 49.6 Å². The van der Waals surface area contributed by atoms with E-state index in [-0.39, 0.29) is 0 Å². The van der Waals surface area contributed by atoms with Gasteiger partial charge < -0.3 is 0 Å². The molecule has 0 fully saturated rings. The second kappa shape index (κ2) is 17.1. The summed E-state index contributed by atoms with van der Waals surface area (Å²) < 4.78 is 0. The van der Waals surface area contributed by atoms with Crippen LogP contribution in [0.5, 0.6) is 0 Å². The number of benzene rings is 11. The summed E-state index contributed by atoms with van der Waals surface area (Å²) >= 11 is 0. The number of nitrogens with zero attached hydrogens (tertiary/aromatic N) is 2. The standard InChI is InChI=1S/C68H48N2/c1-45-33-42-64(48-36-34-47(35-37-48)46-19-6-2-7-20-46)69-67(49-21-8-3-9-22-49)70-66(45)51-39-41-60-61(43-51)56-28-15-14-27-55(56)59-31-18-30-54(65(59)60)50-38-40-58-57-29-16-17-32-62(57)68(63(58)44-50,52-23-10-4-11-24-52)53-25-12-5-13-26-53/h2-32,34-41,43-44H,33,42H2,1H3/b66-45+,69-64+,70-67-. The van der Waals surface area contributed by atoms with Gasteiger partial charge >= 0.3 is 0 Å². The lowest BCUT2D eigenvalue weighted by Gasteiger charge is -2.34. The highest BCUT2D eigenvalue weighted by Crippen LogP contribution is 2.57. The fourth-order valence-electron chi connectivity index (χ4n) is 11.6. The molecule has 0 radical (unpaired) electrons. The highest BCUT2D eigenvalue weighted by Gasteiger charge is 2.46. The lowest BCUT2D eigenvalue weighted by atomic mass is 9.67. The molecular formula is C68H48N2. The van der Waals surface area contributed by atoms with Crippen LogP contribution < -0.4 is 0 Å². The summed E-state index contributed by atoms with van der Waals surface area (Å²) in [7, 11) is 0. The third-order valence-electron chi connectivity index (χ3n) is 14.9. The van der Waals surface area contributed by atoms with Crippen molar-refractivity contribution in [2.24, 2.45) is 9.98 Å². The lowest BCUT2D eigenvalue weighted by Crippen LogP contribution is -2.28. The number of allylic oxidation sites excluding steroid dienone is 1. The molecule has 11 aromatic carbocycles. The van der Waals surface area contributed by atoms with Crippen molar-refractivity contribution in [2.75, 3.05) is 0 Å². The van der Waals surface area contributed by atoms with Crippen LogP contribution in [0.15, 0.2) is 264 Å². The first-order valence-corrected chi connectivity index (χ1v) is 24.4. The number of hydrogen-bond acceptors (Lipinski definition) is 2. The molecule has 0 spiro atoms. The van der Waals surface area contributed by atoms with Gasteiger partial charge in [-0.2, -0.15) is 0 Å². The molecule has 1 aliphatic carbocycles. The zero-order valence-corrected chi connectivity index (χ0v) is 39.0. The number of fused-ring (bicyclic) bond motifs is 9. The van der Waals surface area contributed by atoms with Gasteiger partial charge in [0, 0.05) is 11.1 Å². The van der Waals surface area contributed by atoms with Gasteiger partial charge in [-0.25, -0.2) is 9.98 Å². The monoisotopic (exact) mass is 892 g/mol. The Morgan fingerprint density at radius 3 is 1.56 bits per heavy atom. The van der Waals surface area contributed by atoms with Gasteiger partial charge in [-0.15, -0.1) is 0 Å². The maximum atomic E-state index is 5.53.